The average molecular weight is 260 g/mol. The Kier molecular flexibility index (Phi) is 2.13. The molecule has 0 bridgehead atoms. The summed E-state index contributed by atoms with van der Waals surface area (Å²) in [6.45, 7) is 0. The standard InChI is InChI=1S/C8H6BrNO2S/c1-12-5-2-4(11)3-6-7(5)10-8(9)13-6/h2-3,11H,1H3. The molecule has 0 saturated heterocycles. The summed E-state index contributed by atoms with van der Waals surface area (Å²) in [5.74, 6) is 0.789. The fourth-order valence-electron chi connectivity index (χ4n) is 1.11. The summed E-state index contributed by atoms with van der Waals surface area (Å²) in [5, 5.41) is 9.34. The first-order chi connectivity index (χ1) is 6.20. The minimum absolute atomic E-state index is 0.195. The predicted molar refractivity (Wildman–Crippen MR) is 55.5 cm³/mol. The molecular weight excluding hydrogens is 254 g/mol. The smallest absolute Gasteiger partial charge is 0.160 e. The van der Waals surface area contributed by atoms with Crippen molar-refractivity contribution in [1.29, 1.82) is 0 Å². The molecule has 3 nitrogen and oxygen atoms in total. The van der Waals surface area contributed by atoms with Gasteiger partial charge in [0.15, 0.2) is 3.92 Å². The van der Waals surface area contributed by atoms with E-state index in [2.05, 4.69) is 20.9 Å². The molecule has 0 fully saturated rings. The van der Waals surface area contributed by atoms with E-state index in [0.717, 1.165) is 14.1 Å². The highest BCUT2D eigenvalue weighted by Crippen LogP contribution is 2.35. The summed E-state index contributed by atoms with van der Waals surface area (Å²) < 4.78 is 6.77. The normalized spacial score (nSPS) is 10.6. The van der Waals surface area contributed by atoms with Gasteiger partial charge in [-0.05, 0) is 22.0 Å². The van der Waals surface area contributed by atoms with Gasteiger partial charge in [0.1, 0.15) is 17.0 Å². The number of halogens is 1. The first kappa shape index (κ1) is 8.77. The lowest BCUT2D eigenvalue weighted by molar-refractivity contribution is 0.412. The highest BCUT2D eigenvalue weighted by Gasteiger charge is 2.08. The minimum Gasteiger partial charge on any atom is -0.508 e. The summed E-state index contributed by atoms with van der Waals surface area (Å²) in [6, 6.07) is 3.22. The summed E-state index contributed by atoms with van der Waals surface area (Å²) in [4.78, 5) is 4.22. The molecule has 1 aromatic carbocycles. The number of phenolic OH excluding ortho intramolecular Hbond substituents is 1. The fourth-order valence-corrected chi connectivity index (χ4v) is 2.55. The third kappa shape index (κ3) is 1.49. The number of hydrogen-bond donors (Lipinski definition) is 1. The molecule has 13 heavy (non-hydrogen) atoms. The zero-order valence-electron chi connectivity index (χ0n) is 6.74. The first-order valence-electron chi connectivity index (χ1n) is 3.54. The average Bonchev–Trinajstić information content (AvgIpc) is 2.43. The Morgan fingerprint density at radius 2 is 2.31 bits per heavy atom. The number of aromatic hydroxyl groups is 1. The first-order valence-corrected chi connectivity index (χ1v) is 5.14. The highest BCUT2D eigenvalue weighted by atomic mass is 79.9. The predicted octanol–water partition coefficient (Wildman–Crippen LogP) is 2.77. The largest absolute Gasteiger partial charge is 0.508 e. The monoisotopic (exact) mass is 259 g/mol. The Hall–Kier alpha value is -0.810. The van der Waals surface area contributed by atoms with Gasteiger partial charge in [0.25, 0.3) is 0 Å². The van der Waals surface area contributed by atoms with Crippen LogP contribution in [0.1, 0.15) is 0 Å². The molecule has 2 rings (SSSR count). The molecule has 1 N–H and O–H groups in total. The number of methoxy groups -OCH3 is 1. The Balaban J connectivity index is 2.80. The van der Waals surface area contributed by atoms with Gasteiger partial charge in [-0.2, -0.15) is 0 Å². The van der Waals surface area contributed by atoms with E-state index in [0.29, 0.717) is 5.75 Å². The number of benzene rings is 1. The lowest BCUT2D eigenvalue weighted by Gasteiger charge is -2.00. The lowest BCUT2D eigenvalue weighted by atomic mass is 10.3. The van der Waals surface area contributed by atoms with Crippen LogP contribution in [0.4, 0.5) is 0 Å². The quantitative estimate of drug-likeness (QED) is 0.857. The van der Waals surface area contributed by atoms with E-state index in [1.165, 1.54) is 11.3 Å². The molecule has 0 unspecified atom stereocenters. The molecule has 0 saturated carbocycles. The number of ether oxygens (including phenoxy) is 1. The van der Waals surface area contributed by atoms with Crippen molar-refractivity contribution in [3.63, 3.8) is 0 Å². The van der Waals surface area contributed by atoms with Crippen LogP contribution in [0.15, 0.2) is 16.0 Å². The molecule has 0 atom stereocenters. The van der Waals surface area contributed by atoms with Gasteiger partial charge < -0.3 is 9.84 Å². The summed E-state index contributed by atoms with van der Waals surface area (Å²) in [6.07, 6.45) is 0. The second-order valence-electron chi connectivity index (χ2n) is 2.46. The molecular formula is C8H6BrNO2S. The summed E-state index contributed by atoms with van der Waals surface area (Å²) >= 11 is 4.74. The molecule has 1 aromatic heterocycles. The zero-order chi connectivity index (χ0) is 9.42. The van der Waals surface area contributed by atoms with Gasteiger partial charge >= 0.3 is 0 Å². The molecule has 1 heterocycles. The van der Waals surface area contributed by atoms with Crippen molar-refractivity contribution in [2.24, 2.45) is 0 Å². The van der Waals surface area contributed by atoms with Gasteiger partial charge in [0.05, 0.1) is 11.8 Å². The van der Waals surface area contributed by atoms with Gasteiger partial charge in [-0.1, -0.05) is 0 Å². The summed E-state index contributed by atoms with van der Waals surface area (Å²) in [5.41, 5.74) is 0.775. The molecule has 5 heteroatoms. The Morgan fingerprint density at radius 1 is 1.54 bits per heavy atom. The van der Waals surface area contributed by atoms with Crippen molar-refractivity contribution < 1.29 is 9.84 Å². The second-order valence-corrected chi connectivity index (χ2v) is 4.77. The maximum Gasteiger partial charge on any atom is 0.160 e. The minimum atomic E-state index is 0.195. The third-order valence-electron chi connectivity index (χ3n) is 1.64. The van der Waals surface area contributed by atoms with Crippen molar-refractivity contribution in [3.05, 3.63) is 16.0 Å². The van der Waals surface area contributed by atoms with Crippen molar-refractivity contribution in [3.8, 4) is 11.5 Å². The van der Waals surface area contributed by atoms with E-state index in [-0.39, 0.29) is 5.75 Å². The van der Waals surface area contributed by atoms with Crippen LogP contribution in [0.3, 0.4) is 0 Å². The molecule has 0 amide bonds. The van der Waals surface area contributed by atoms with Gasteiger partial charge in [-0.3, -0.25) is 0 Å². The summed E-state index contributed by atoms with van der Waals surface area (Å²) in [7, 11) is 1.56. The molecule has 0 aliphatic heterocycles. The second kappa shape index (κ2) is 3.16. The van der Waals surface area contributed by atoms with Crippen molar-refractivity contribution >= 4 is 37.5 Å². The zero-order valence-corrected chi connectivity index (χ0v) is 9.15. The molecule has 0 aliphatic carbocycles. The van der Waals surface area contributed by atoms with E-state index >= 15 is 0 Å². The van der Waals surface area contributed by atoms with Crippen molar-refractivity contribution in [2.45, 2.75) is 0 Å². The molecule has 0 radical (unpaired) electrons. The molecule has 2 aromatic rings. The number of hydrogen-bond acceptors (Lipinski definition) is 4. The molecule has 0 spiro atoms. The van der Waals surface area contributed by atoms with Crippen LogP contribution in [0, 0.1) is 0 Å². The SMILES string of the molecule is COc1cc(O)cc2sc(Br)nc12. The van der Waals surface area contributed by atoms with E-state index in [1.807, 2.05) is 0 Å². The van der Waals surface area contributed by atoms with Gasteiger partial charge in [0.2, 0.25) is 0 Å². The van der Waals surface area contributed by atoms with Crippen LogP contribution < -0.4 is 4.74 Å². The topological polar surface area (TPSA) is 42.4 Å². The van der Waals surface area contributed by atoms with Crippen LogP contribution in [0.5, 0.6) is 11.5 Å². The number of aromatic nitrogens is 1. The number of rotatable bonds is 1. The van der Waals surface area contributed by atoms with E-state index < -0.39 is 0 Å². The van der Waals surface area contributed by atoms with Crippen LogP contribution in [-0.2, 0) is 0 Å². The lowest BCUT2D eigenvalue weighted by Crippen LogP contribution is -1.83. The van der Waals surface area contributed by atoms with Crippen LogP contribution in [0.2, 0.25) is 0 Å². The molecule has 0 aliphatic rings. The van der Waals surface area contributed by atoms with Gasteiger partial charge in [-0.25, -0.2) is 4.98 Å². The Morgan fingerprint density at radius 3 is 3.00 bits per heavy atom. The van der Waals surface area contributed by atoms with Crippen LogP contribution >= 0.6 is 27.3 Å². The highest BCUT2D eigenvalue weighted by molar-refractivity contribution is 9.11. The maximum absolute atomic E-state index is 9.34. The van der Waals surface area contributed by atoms with E-state index in [4.69, 9.17) is 4.74 Å². The van der Waals surface area contributed by atoms with E-state index in [9.17, 15) is 5.11 Å². The Bertz CT molecular complexity index is 455. The molecule has 68 valence electrons. The number of fused-ring (bicyclic) bond motifs is 1. The van der Waals surface area contributed by atoms with Crippen LogP contribution in [0.25, 0.3) is 10.2 Å². The number of thiazole rings is 1. The van der Waals surface area contributed by atoms with E-state index in [1.54, 1.807) is 19.2 Å². The number of nitrogens with zero attached hydrogens (tertiary/aromatic N) is 1. The third-order valence-corrected chi connectivity index (χ3v) is 3.09. The van der Waals surface area contributed by atoms with Gasteiger partial charge in [-0.15, -0.1) is 11.3 Å². The maximum atomic E-state index is 9.34. The Labute approximate surface area is 87.1 Å². The van der Waals surface area contributed by atoms with Crippen molar-refractivity contribution in [1.82, 2.24) is 4.98 Å². The van der Waals surface area contributed by atoms with Crippen LogP contribution in [-0.4, -0.2) is 17.2 Å². The van der Waals surface area contributed by atoms with Gasteiger partial charge in [0, 0.05) is 6.07 Å². The number of phenols is 1. The van der Waals surface area contributed by atoms with Crippen molar-refractivity contribution in [2.75, 3.05) is 7.11 Å². The fraction of sp³-hybridized carbons (Fsp3) is 0.125.